The number of hydrogen-bond acceptors (Lipinski definition) is 9. The number of amides is 1. The van der Waals surface area contributed by atoms with E-state index >= 15 is 4.39 Å². The van der Waals surface area contributed by atoms with Crippen molar-refractivity contribution in [2.24, 2.45) is 11.8 Å². The Morgan fingerprint density at radius 3 is 2.50 bits per heavy atom. The van der Waals surface area contributed by atoms with Crippen molar-refractivity contribution in [1.82, 2.24) is 15.5 Å². The summed E-state index contributed by atoms with van der Waals surface area (Å²) in [5, 5.41) is 20.2. The van der Waals surface area contributed by atoms with E-state index in [0.29, 0.717) is 43.9 Å². The highest BCUT2D eigenvalue weighted by molar-refractivity contribution is 7.85. The molecule has 2 aromatic carbocycles. The fourth-order valence-corrected chi connectivity index (χ4v) is 9.13. The van der Waals surface area contributed by atoms with Gasteiger partial charge in [0.15, 0.2) is 5.82 Å². The van der Waals surface area contributed by atoms with E-state index in [1.54, 1.807) is 18.2 Å². The van der Waals surface area contributed by atoms with Crippen LogP contribution in [-0.2, 0) is 27.1 Å². The lowest BCUT2D eigenvalue weighted by molar-refractivity contribution is -0.116. The average molecular weight is 711 g/mol. The van der Waals surface area contributed by atoms with Gasteiger partial charge < -0.3 is 19.7 Å². The van der Waals surface area contributed by atoms with E-state index in [1.807, 2.05) is 0 Å². The van der Waals surface area contributed by atoms with E-state index in [4.69, 9.17) is 37.0 Å². The number of fused-ring (bicyclic) bond motifs is 3. The van der Waals surface area contributed by atoms with Crippen LogP contribution < -0.4 is 5.32 Å². The molecule has 3 aliphatic carbocycles. The molecule has 244 valence electrons. The van der Waals surface area contributed by atoms with E-state index in [-0.39, 0.29) is 48.1 Å². The molecule has 2 aromatic heterocycles. The predicted molar refractivity (Wildman–Crippen MR) is 170 cm³/mol. The minimum absolute atomic E-state index is 0.0145. The molecule has 0 radical (unpaired) electrons. The fourth-order valence-electron chi connectivity index (χ4n) is 6.92. The first kappa shape index (κ1) is 31.9. The average Bonchev–Trinajstić information content (AvgIpc) is 3.57. The molecular weight excluding hydrogens is 680 g/mol. The molecule has 2 heterocycles. The molecule has 15 heteroatoms. The van der Waals surface area contributed by atoms with E-state index in [0.717, 1.165) is 54.4 Å². The Bertz CT molecular complexity index is 1910. The van der Waals surface area contributed by atoms with Crippen molar-refractivity contribution in [2.45, 2.75) is 62.8 Å². The van der Waals surface area contributed by atoms with E-state index in [9.17, 15) is 18.3 Å². The largest absolute Gasteiger partial charge is 0.382 e. The van der Waals surface area contributed by atoms with Crippen LogP contribution in [0.2, 0.25) is 10.0 Å². The molecule has 1 amide bonds. The molecule has 0 aliphatic heterocycles. The summed E-state index contributed by atoms with van der Waals surface area (Å²) in [6.45, 7) is -0.0676. The molecule has 7 rings (SSSR count). The second-order valence-electron chi connectivity index (χ2n) is 12.3. The molecule has 4 aromatic rings. The zero-order valence-electron chi connectivity index (χ0n) is 24.3. The van der Waals surface area contributed by atoms with Gasteiger partial charge in [-0.15, -0.1) is 11.3 Å². The van der Waals surface area contributed by atoms with E-state index in [1.165, 1.54) is 6.07 Å². The van der Waals surface area contributed by atoms with Gasteiger partial charge in [-0.05, 0) is 74.6 Å². The van der Waals surface area contributed by atoms with Gasteiger partial charge in [-0.2, -0.15) is 8.42 Å². The van der Waals surface area contributed by atoms with E-state index < -0.39 is 33.2 Å². The van der Waals surface area contributed by atoms with Gasteiger partial charge in [0, 0.05) is 29.2 Å². The van der Waals surface area contributed by atoms with Crippen LogP contribution in [0.5, 0.6) is 0 Å². The molecule has 3 saturated carbocycles. The summed E-state index contributed by atoms with van der Waals surface area (Å²) in [4.78, 5) is 17.1. The number of aliphatic hydroxyl groups is 1. The molecule has 10 nitrogen and oxygen atoms in total. The van der Waals surface area contributed by atoms with Crippen LogP contribution in [0.25, 0.3) is 21.5 Å². The zero-order valence-corrected chi connectivity index (χ0v) is 27.5. The third-order valence-corrected chi connectivity index (χ3v) is 11.8. The standard InChI is InChI=1S/C31H30Cl2FN3O7S2/c32-21-2-1-3-22(33)25(21)26-20(28(44-37-26)15-4-5-15)14-43-19-12-17-6-7-18(13-19)31(17,39)30-36-27-23(34)10-16(11-24(27)45-30)29(38)35-8-9-46(40,41)42/h1-3,10-11,15,17-19,39H,4-9,12-14H2,(H,35,38)(H,40,41,42)/t17-,18+,19-,31+. The Morgan fingerprint density at radius 1 is 1.15 bits per heavy atom. The number of nitrogens with zero attached hydrogens (tertiary/aromatic N) is 2. The molecule has 3 N–H and O–H groups in total. The zero-order chi connectivity index (χ0) is 32.4. The molecule has 0 unspecified atom stereocenters. The van der Waals surface area contributed by atoms with Gasteiger partial charge >= 0.3 is 0 Å². The minimum atomic E-state index is -4.25. The molecule has 3 fully saturated rings. The Kier molecular flexibility index (Phi) is 8.40. The van der Waals surface area contributed by atoms with Gasteiger partial charge in [0.25, 0.3) is 16.0 Å². The number of carbonyl (C=O) groups is 1. The number of halogens is 3. The Hall–Kier alpha value is -2.65. The number of hydrogen-bond donors (Lipinski definition) is 3. The topological polar surface area (TPSA) is 152 Å². The number of rotatable bonds is 10. The number of carbonyl (C=O) groups excluding carboxylic acids is 1. The predicted octanol–water partition coefficient (Wildman–Crippen LogP) is 6.49. The number of aromatic nitrogens is 2. The van der Waals surface area contributed by atoms with Crippen LogP contribution >= 0.6 is 34.5 Å². The summed E-state index contributed by atoms with van der Waals surface area (Å²) in [5.41, 5.74) is 0.812. The summed E-state index contributed by atoms with van der Waals surface area (Å²) in [5.74, 6) is -1.31. The summed E-state index contributed by atoms with van der Waals surface area (Å²) in [6.07, 6.45) is 4.59. The number of ether oxygens (including phenoxy) is 1. The molecule has 0 saturated heterocycles. The Labute approximate surface area is 278 Å². The highest BCUT2D eigenvalue weighted by atomic mass is 35.5. The molecule has 0 spiro atoms. The normalized spacial score (nSPS) is 24.5. The van der Waals surface area contributed by atoms with Crippen LogP contribution in [0, 0.1) is 17.7 Å². The molecule has 4 atom stereocenters. The quantitative estimate of drug-likeness (QED) is 0.157. The number of nitrogens with one attached hydrogen (secondary N) is 1. The summed E-state index contributed by atoms with van der Waals surface area (Å²) >= 11 is 14.2. The fraction of sp³-hybridized carbons (Fsp3) is 0.452. The van der Waals surface area contributed by atoms with Crippen LogP contribution in [0.1, 0.15) is 71.1 Å². The van der Waals surface area contributed by atoms with Gasteiger partial charge in [0.05, 0.1) is 33.2 Å². The molecule has 2 bridgehead atoms. The summed E-state index contributed by atoms with van der Waals surface area (Å²) in [7, 11) is -4.25. The van der Waals surface area contributed by atoms with E-state index in [2.05, 4.69) is 15.5 Å². The van der Waals surface area contributed by atoms with Crippen molar-refractivity contribution in [1.29, 1.82) is 0 Å². The monoisotopic (exact) mass is 709 g/mol. The first-order valence-corrected chi connectivity index (χ1v) is 18.2. The second kappa shape index (κ2) is 12.1. The van der Waals surface area contributed by atoms with Crippen LogP contribution in [0.15, 0.2) is 34.9 Å². The van der Waals surface area contributed by atoms with Crippen molar-refractivity contribution in [3.8, 4) is 11.3 Å². The molecule has 46 heavy (non-hydrogen) atoms. The van der Waals surface area contributed by atoms with Crippen molar-refractivity contribution in [3.63, 3.8) is 0 Å². The van der Waals surface area contributed by atoms with Crippen molar-refractivity contribution < 1.29 is 36.5 Å². The lowest BCUT2D eigenvalue weighted by atomic mass is 9.73. The third-order valence-electron chi connectivity index (χ3n) is 9.33. The Balaban J connectivity index is 1.08. The van der Waals surface area contributed by atoms with Gasteiger partial charge in [0.2, 0.25) is 0 Å². The van der Waals surface area contributed by atoms with Crippen molar-refractivity contribution >= 4 is 60.8 Å². The van der Waals surface area contributed by atoms with Crippen molar-refractivity contribution in [3.05, 3.63) is 68.1 Å². The van der Waals surface area contributed by atoms with Crippen LogP contribution in [0.3, 0.4) is 0 Å². The van der Waals surface area contributed by atoms with Gasteiger partial charge in [0.1, 0.15) is 27.6 Å². The maximum atomic E-state index is 15.1. The maximum absolute atomic E-state index is 15.1. The van der Waals surface area contributed by atoms with Crippen LogP contribution in [-0.4, -0.2) is 52.5 Å². The number of thiazole rings is 1. The lowest BCUT2D eigenvalue weighted by Gasteiger charge is -2.41. The highest BCUT2D eigenvalue weighted by Gasteiger charge is 2.56. The first-order valence-electron chi connectivity index (χ1n) is 15.0. The van der Waals surface area contributed by atoms with Crippen LogP contribution in [0.4, 0.5) is 4.39 Å². The minimum Gasteiger partial charge on any atom is -0.382 e. The van der Waals surface area contributed by atoms with Crippen molar-refractivity contribution in [2.75, 3.05) is 12.3 Å². The number of benzene rings is 2. The van der Waals surface area contributed by atoms with Gasteiger partial charge in [-0.25, -0.2) is 9.37 Å². The van der Waals surface area contributed by atoms with Gasteiger partial charge in [-0.1, -0.05) is 34.4 Å². The lowest BCUT2D eigenvalue weighted by Crippen LogP contribution is -2.44. The summed E-state index contributed by atoms with van der Waals surface area (Å²) < 4.78 is 58.6. The first-order chi connectivity index (χ1) is 21.9. The van der Waals surface area contributed by atoms with Gasteiger partial charge in [-0.3, -0.25) is 9.35 Å². The smallest absolute Gasteiger partial charge is 0.266 e. The highest BCUT2D eigenvalue weighted by Crippen LogP contribution is 2.57. The SMILES string of the molecule is O=C(NCCS(=O)(=O)O)c1cc(F)c2nc([C@]3(O)[C@@H]4CC[C@H]3C[C@H](OCc3c(-c5c(Cl)cccc5Cl)noc3C3CC3)C4)sc2c1. The molecule has 3 aliphatic rings. The maximum Gasteiger partial charge on any atom is 0.266 e. The molecular formula is C31H30Cl2FN3O7S2. The summed E-state index contributed by atoms with van der Waals surface area (Å²) in [6, 6.07) is 7.80. The third kappa shape index (κ3) is 5.95. The second-order valence-corrected chi connectivity index (χ2v) is 15.7. The Morgan fingerprint density at radius 2 is 1.85 bits per heavy atom.